The van der Waals surface area contributed by atoms with E-state index in [0.29, 0.717) is 0 Å². The van der Waals surface area contributed by atoms with Crippen molar-refractivity contribution in [3.63, 3.8) is 0 Å². The van der Waals surface area contributed by atoms with Gasteiger partial charge in [-0.1, -0.05) is 25.4 Å². The predicted octanol–water partition coefficient (Wildman–Crippen LogP) is 4.46. The molecule has 0 saturated carbocycles. The second-order valence-corrected chi connectivity index (χ2v) is 6.30. The molecule has 0 spiro atoms. The Hall–Kier alpha value is -2.13. The number of hydrogen-bond donors (Lipinski definition) is 3. The van der Waals surface area contributed by atoms with E-state index in [9.17, 15) is 22.7 Å². The van der Waals surface area contributed by atoms with Crippen LogP contribution in [-0.4, -0.2) is 27.7 Å². The minimum Gasteiger partial charge on any atom is -0.394 e. The Kier molecular flexibility index (Phi) is 6.25. The standard InChI is InChI=1S/C16H17ClF4N4O/c1-8(2)12(7-26)23-15-24-13(16(19,20)21)6-14(25-15)22-9-3-4-11(18)10(17)5-9/h3-6,8,12,26H,7H2,1-2H3,(H2,22,23,24,25)/t12-/m1/s1. The van der Waals surface area contributed by atoms with Gasteiger partial charge in [0.05, 0.1) is 17.7 Å². The fourth-order valence-corrected chi connectivity index (χ4v) is 2.21. The Morgan fingerprint density at radius 2 is 1.88 bits per heavy atom. The van der Waals surface area contributed by atoms with Crippen LogP contribution in [0.25, 0.3) is 0 Å². The summed E-state index contributed by atoms with van der Waals surface area (Å²) in [6.45, 7) is 3.29. The van der Waals surface area contributed by atoms with E-state index in [4.69, 9.17) is 11.6 Å². The molecule has 1 aromatic heterocycles. The van der Waals surface area contributed by atoms with E-state index < -0.39 is 23.7 Å². The number of aliphatic hydroxyl groups excluding tert-OH is 1. The maximum absolute atomic E-state index is 13.2. The molecule has 142 valence electrons. The van der Waals surface area contributed by atoms with Crippen LogP contribution in [0.4, 0.5) is 35.0 Å². The molecule has 0 unspecified atom stereocenters. The third-order valence-electron chi connectivity index (χ3n) is 3.52. The number of benzene rings is 1. The van der Waals surface area contributed by atoms with Crippen molar-refractivity contribution in [2.75, 3.05) is 17.2 Å². The Bertz CT molecular complexity index is 770. The van der Waals surface area contributed by atoms with Crippen LogP contribution in [-0.2, 0) is 6.18 Å². The molecule has 0 aliphatic heterocycles. The highest BCUT2D eigenvalue weighted by Crippen LogP contribution is 2.31. The third kappa shape index (κ3) is 5.18. The van der Waals surface area contributed by atoms with Gasteiger partial charge in [-0.2, -0.15) is 18.2 Å². The van der Waals surface area contributed by atoms with Crippen LogP contribution in [0.1, 0.15) is 19.5 Å². The SMILES string of the molecule is CC(C)[C@@H](CO)Nc1nc(Nc2ccc(F)c(Cl)c2)cc(C(F)(F)F)n1. The number of aromatic nitrogens is 2. The number of aliphatic hydroxyl groups is 1. The van der Waals surface area contributed by atoms with Crippen molar-refractivity contribution in [3.8, 4) is 0 Å². The Morgan fingerprint density at radius 3 is 2.42 bits per heavy atom. The summed E-state index contributed by atoms with van der Waals surface area (Å²) in [6.07, 6.45) is -4.69. The summed E-state index contributed by atoms with van der Waals surface area (Å²) in [4.78, 5) is 7.45. The van der Waals surface area contributed by atoms with Gasteiger partial charge in [0.2, 0.25) is 5.95 Å². The molecule has 1 atom stereocenters. The average molecular weight is 393 g/mol. The number of nitrogens with one attached hydrogen (secondary N) is 2. The minimum absolute atomic E-state index is 0.0644. The number of alkyl halides is 3. The van der Waals surface area contributed by atoms with Crippen LogP contribution in [0.2, 0.25) is 5.02 Å². The number of nitrogens with zero attached hydrogens (tertiary/aromatic N) is 2. The first-order valence-corrected chi connectivity index (χ1v) is 8.03. The Balaban J connectivity index is 2.38. The predicted molar refractivity (Wildman–Crippen MR) is 91.1 cm³/mol. The summed E-state index contributed by atoms with van der Waals surface area (Å²) in [7, 11) is 0. The van der Waals surface area contributed by atoms with Crippen LogP contribution in [0.3, 0.4) is 0 Å². The van der Waals surface area contributed by atoms with Crippen molar-refractivity contribution in [2.45, 2.75) is 26.1 Å². The second kappa shape index (κ2) is 8.05. The zero-order valence-electron chi connectivity index (χ0n) is 13.9. The molecule has 0 aliphatic carbocycles. The van der Waals surface area contributed by atoms with E-state index in [1.165, 1.54) is 12.1 Å². The molecule has 1 aromatic carbocycles. The maximum atomic E-state index is 13.2. The van der Waals surface area contributed by atoms with Crippen molar-refractivity contribution >= 4 is 29.1 Å². The van der Waals surface area contributed by atoms with E-state index in [-0.39, 0.29) is 35.0 Å². The molecule has 2 rings (SSSR count). The van der Waals surface area contributed by atoms with Crippen molar-refractivity contribution in [3.05, 3.63) is 40.8 Å². The number of rotatable bonds is 6. The van der Waals surface area contributed by atoms with Crippen LogP contribution < -0.4 is 10.6 Å². The fraction of sp³-hybridized carbons (Fsp3) is 0.375. The minimum atomic E-state index is -4.69. The van der Waals surface area contributed by atoms with Gasteiger partial charge in [-0.15, -0.1) is 0 Å². The lowest BCUT2D eigenvalue weighted by Gasteiger charge is -2.21. The molecule has 0 aliphatic rings. The van der Waals surface area contributed by atoms with Gasteiger partial charge < -0.3 is 15.7 Å². The van der Waals surface area contributed by atoms with Gasteiger partial charge in [0.15, 0.2) is 5.69 Å². The van der Waals surface area contributed by atoms with Gasteiger partial charge >= 0.3 is 6.18 Å². The smallest absolute Gasteiger partial charge is 0.394 e. The highest BCUT2D eigenvalue weighted by Gasteiger charge is 2.34. The van der Waals surface area contributed by atoms with Crippen LogP contribution in [0, 0.1) is 11.7 Å². The van der Waals surface area contributed by atoms with E-state index >= 15 is 0 Å². The average Bonchev–Trinajstić information content (AvgIpc) is 2.55. The zero-order chi connectivity index (χ0) is 19.5. The molecule has 5 nitrogen and oxygen atoms in total. The second-order valence-electron chi connectivity index (χ2n) is 5.89. The topological polar surface area (TPSA) is 70.1 Å². The first-order chi connectivity index (χ1) is 12.1. The normalized spacial score (nSPS) is 13.0. The first-order valence-electron chi connectivity index (χ1n) is 7.66. The van der Waals surface area contributed by atoms with Crippen LogP contribution >= 0.6 is 11.6 Å². The molecule has 26 heavy (non-hydrogen) atoms. The van der Waals surface area contributed by atoms with Gasteiger partial charge in [0.1, 0.15) is 11.6 Å². The number of anilines is 3. The van der Waals surface area contributed by atoms with E-state index in [1.807, 2.05) is 0 Å². The van der Waals surface area contributed by atoms with Crippen molar-refractivity contribution in [1.82, 2.24) is 9.97 Å². The molecule has 10 heteroatoms. The van der Waals surface area contributed by atoms with Crippen molar-refractivity contribution in [2.24, 2.45) is 5.92 Å². The van der Waals surface area contributed by atoms with Gasteiger partial charge in [-0.3, -0.25) is 0 Å². The molecule has 0 fully saturated rings. The summed E-state index contributed by atoms with van der Waals surface area (Å²) < 4.78 is 52.6. The summed E-state index contributed by atoms with van der Waals surface area (Å²) in [5.74, 6) is -1.16. The molecular formula is C16H17ClF4N4O. The first kappa shape index (κ1) is 20.2. The van der Waals surface area contributed by atoms with E-state index in [1.54, 1.807) is 13.8 Å². The molecule has 0 bridgehead atoms. The highest BCUT2D eigenvalue weighted by atomic mass is 35.5. The Morgan fingerprint density at radius 1 is 1.19 bits per heavy atom. The third-order valence-corrected chi connectivity index (χ3v) is 3.81. The van der Waals surface area contributed by atoms with Gasteiger partial charge in [0.25, 0.3) is 0 Å². The monoisotopic (exact) mass is 392 g/mol. The highest BCUT2D eigenvalue weighted by molar-refractivity contribution is 6.31. The molecule has 3 N–H and O–H groups in total. The summed E-state index contributed by atoms with van der Waals surface area (Å²) in [5, 5.41) is 14.5. The van der Waals surface area contributed by atoms with Gasteiger partial charge in [-0.05, 0) is 24.1 Å². The number of hydrogen-bond acceptors (Lipinski definition) is 5. The Labute approximate surface area is 152 Å². The molecule has 1 heterocycles. The fourth-order valence-electron chi connectivity index (χ4n) is 2.03. The van der Waals surface area contributed by atoms with Crippen molar-refractivity contribution < 1.29 is 22.7 Å². The van der Waals surface area contributed by atoms with Crippen LogP contribution in [0.15, 0.2) is 24.3 Å². The summed E-state index contributed by atoms with van der Waals surface area (Å²) in [6, 6.07) is 3.83. The molecular weight excluding hydrogens is 376 g/mol. The molecule has 0 saturated heterocycles. The van der Waals surface area contributed by atoms with Gasteiger partial charge in [0, 0.05) is 11.8 Å². The molecule has 0 radical (unpaired) electrons. The molecule has 2 aromatic rings. The lowest BCUT2D eigenvalue weighted by Crippen LogP contribution is -2.30. The quantitative estimate of drug-likeness (QED) is 0.633. The number of halogens is 5. The van der Waals surface area contributed by atoms with E-state index in [2.05, 4.69) is 20.6 Å². The van der Waals surface area contributed by atoms with E-state index in [0.717, 1.165) is 12.1 Å². The lowest BCUT2D eigenvalue weighted by atomic mass is 10.1. The summed E-state index contributed by atoms with van der Waals surface area (Å²) in [5.41, 5.74) is -0.900. The van der Waals surface area contributed by atoms with Crippen LogP contribution in [0.5, 0.6) is 0 Å². The molecule has 0 amide bonds. The maximum Gasteiger partial charge on any atom is 0.433 e. The summed E-state index contributed by atoms with van der Waals surface area (Å²) >= 11 is 5.67. The zero-order valence-corrected chi connectivity index (χ0v) is 14.7. The van der Waals surface area contributed by atoms with Gasteiger partial charge in [-0.25, -0.2) is 9.37 Å². The van der Waals surface area contributed by atoms with Crippen molar-refractivity contribution in [1.29, 1.82) is 0 Å². The lowest BCUT2D eigenvalue weighted by molar-refractivity contribution is -0.141. The largest absolute Gasteiger partial charge is 0.433 e.